The third-order valence-electron chi connectivity index (χ3n) is 4.92. The number of ether oxygens (including phenoxy) is 2. The van der Waals surface area contributed by atoms with Gasteiger partial charge < -0.3 is 19.2 Å². The molecule has 0 radical (unpaired) electrons. The van der Waals surface area contributed by atoms with E-state index in [0.717, 1.165) is 0 Å². The Morgan fingerprint density at radius 2 is 1.50 bits per heavy atom. The van der Waals surface area contributed by atoms with Crippen LogP contribution >= 0.6 is 11.6 Å². The van der Waals surface area contributed by atoms with Crippen molar-refractivity contribution in [3.63, 3.8) is 0 Å². The third-order valence-corrected chi connectivity index (χ3v) is 9.80. The minimum Gasteiger partial charge on any atom is -0.464 e. The number of carbonyl (C=O) groups excluding carboxylic acids is 3. The van der Waals surface area contributed by atoms with Crippen LogP contribution in [0.4, 0.5) is 0 Å². The fourth-order valence-electron chi connectivity index (χ4n) is 2.40. The maximum atomic E-state index is 12.7. The summed E-state index contributed by atoms with van der Waals surface area (Å²) in [6.07, 6.45) is -0.121. The van der Waals surface area contributed by atoms with Gasteiger partial charge in [-0.25, -0.2) is 9.59 Å². The molecule has 0 aliphatic carbocycles. The fourth-order valence-corrected chi connectivity index (χ4v) is 4.11. The topological polar surface area (TPSA) is 90.9 Å². The molecule has 0 aromatic carbocycles. The molecular weight excluding hydrogens is 402 g/mol. The number of alkyl halides is 1. The van der Waals surface area contributed by atoms with E-state index in [9.17, 15) is 14.4 Å². The first-order chi connectivity index (χ1) is 12.8. The van der Waals surface area contributed by atoms with Crippen LogP contribution in [0.25, 0.3) is 0 Å². The summed E-state index contributed by atoms with van der Waals surface area (Å²) in [5.74, 6) is -2.02. The van der Waals surface area contributed by atoms with Crippen molar-refractivity contribution in [1.82, 2.24) is 5.32 Å². The summed E-state index contributed by atoms with van der Waals surface area (Å²) in [5, 5.41) is 2.44. The molecule has 1 amide bonds. The van der Waals surface area contributed by atoms with Crippen LogP contribution in [-0.2, 0) is 28.3 Å². The highest BCUT2D eigenvalue weighted by molar-refractivity contribution is 6.74. The minimum atomic E-state index is -2.11. The average Bonchev–Trinajstić information content (AvgIpc) is 2.56. The van der Waals surface area contributed by atoms with Crippen LogP contribution < -0.4 is 5.32 Å². The molecule has 0 spiro atoms. The van der Waals surface area contributed by atoms with Gasteiger partial charge in [0, 0.05) is 12.8 Å². The zero-order valence-electron chi connectivity index (χ0n) is 18.4. The predicted molar refractivity (Wildman–Crippen MR) is 112 cm³/mol. The van der Waals surface area contributed by atoms with E-state index in [1.54, 1.807) is 13.8 Å². The van der Waals surface area contributed by atoms with Crippen molar-refractivity contribution in [2.45, 2.75) is 84.2 Å². The summed E-state index contributed by atoms with van der Waals surface area (Å²) in [7, 11) is -2.11. The summed E-state index contributed by atoms with van der Waals surface area (Å²) < 4.78 is 16.5. The number of esters is 2. The van der Waals surface area contributed by atoms with E-state index in [-0.39, 0.29) is 43.1 Å². The number of rotatable bonds is 11. The molecular formula is C19H36ClNO6Si. The number of halogens is 1. The molecule has 9 heteroatoms. The van der Waals surface area contributed by atoms with Gasteiger partial charge >= 0.3 is 11.9 Å². The largest absolute Gasteiger partial charge is 0.464 e. The zero-order chi connectivity index (χ0) is 22.2. The molecule has 0 rings (SSSR count). The van der Waals surface area contributed by atoms with E-state index in [4.69, 9.17) is 25.5 Å². The second-order valence-corrected chi connectivity index (χ2v) is 13.3. The summed E-state index contributed by atoms with van der Waals surface area (Å²) >= 11 is 6.12. The summed E-state index contributed by atoms with van der Waals surface area (Å²) in [6.45, 7) is 15.2. The Kier molecular flexibility index (Phi) is 10.7. The SMILES string of the molecule is CCOC(=O)C(CC[C@@H](CCl)O[Si](C)(C)C(C)(C)C)(NC(C)=O)C(=O)OCC. The van der Waals surface area contributed by atoms with Crippen LogP contribution in [0.15, 0.2) is 0 Å². The van der Waals surface area contributed by atoms with Crippen molar-refractivity contribution in [2.24, 2.45) is 0 Å². The Balaban J connectivity index is 5.69. The number of carbonyl (C=O) groups is 3. The maximum absolute atomic E-state index is 12.7. The molecule has 0 saturated heterocycles. The number of hydrogen-bond acceptors (Lipinski definition) is 6. The average molecular weight is 438 g/mol. The summed E-state index contributed by atoms with van der Waals surface area (Å²) in [4.78, 5) is 37.1. The van der Waals surface area contributed by atoms with Gasteiger partial charge in [0.1, 0.15) is 0 Å². The van der Waals surface area contributed by atoms with Gasteiger partial charge in [0.25, 0.3) is 0 Å². The van der Waals surface area contributed by atoms with Gasteiger partial charge in [0.15, 0.2) is 8.32 Å². The Hall–Kier alpha value is -1.12. The van der Waals surface area contributed by atoms with Crippen LogP contribution in [0.3, 0.4) is 0 Å². The van der Waals surface area contributed by atoms with Crippen molar-refractivity contribution < 1.29 is 28.3 Å². The Morgan fingerprint density at radius 3 is 1.82 bits per heavy atom. The number of hydrogen-bond donors (Lipinski definition) is 1. The molecule has 0 unspecified atom stereocenters. The van der Waals surface area contributed by atoms with Crippen LogP contribution in [0, 0.1) is 0 Å². The van der Waals surface area contributed by atoms with Crippen molar-refractivity contribution in [2.75, 3.05) is 19.1 Å². The van der Waals surface area contributed by atoms with Crippen LogP contribution in [-0.4, -0.2) is 56.9 Å². The smallest absolute Gasteiger partial charge is 0.343 e. The molecule has 0 bridgehead atoms. The monoisotopic (exact) mass is 437 g/mol. The van der Waals surface area contributed by atoms with Gasteiger partial charge in [-0.3, -0.25) is 4.79 Å². The first kappa shape index (κ1) is 26.9. The Bertz CT molecular complexity index is 529. The predicted octanol–water partition coefficient (Wildman–Crippen LogP) is 3.40. The lowest BCUT2D eigenvalue weighted by Gasteiger charge is -2.39. The summed E-state index contributed by atoms with van der Waals surface area (Å²) in [5.41, 5.74) is -1.92. The highest BCUT2D eigenvalue weighted by Crippen LogP contribution is 2.38. The lowest BCUT2D eigenvalue weighted by Crippen LogP contribution is -2.61. The lowest BCUT2D eigenvalue weighted by molar-refractivity contribution is -0.168. The zero-order valence-corrected chi connectivity index (χ0v) is 20.2. The molecule has 0 aromatic heterocycles. The lowest BCUT2D eigenvalue weighted by atomic mass is 9.91. The fraction of sp³-hybridized carbons (Fsp3) is 0.842. The van der Waals surface area contributed by atoms with Gasteiger partial charge in [-0.1, -0.05) is 20.8 Å². The van der Waals surface area contributed by atoms with Gasteiger partial charge in [-0.15, -0.1) is 11.6 Å². The van der Waals surface area contributed by atoms with E-state index in [1.807, 2.05) is 0 Å². The first-order valence-corrected chi connectivity index (χ1v) is 13.1. The van der Waals surface area contributed by atoms with Crippen LogP contribution in [0.5, 0.6) is 0 Å². The molecule has 0 heterocycles. The second-order valence-electron chi connectivity index (χ2n) is 8.22. The molecule has 7 nitrogen and oxygen atoms in total. The standard InChI is InChI=1S/C19H36ClNO6Si/c1-9-25-16(23)19(21-14(3)22,17(24)26-10-2)12-11-15(13-20)27-28(7,8)18(4,5)6/h15H,9-13H2,1-8H3,(H,21,22)/t15-/m0/s1. The Morgan fingerprint density at radius 1 is 1.04 bits per heavy atom. The first-order valence-electron chi connectivity index (χ1n) is 9.64. The van der Waals surface area contributed by atoms with Gasteiger partial charge in [0.05, 0.1) is 19.3 Å². The number of amides is 1. The highest BCUT2D eigenvalue weighted by atomic mass is 35.5. The van der Waals surface area contributed by atoms with E-state index < -0.39 is 31.7 Å². The van der Waals surface area contributed by atoms with Crippen molar-refractivity contribution >= 4 is 37.8 Å². The molecule has 164 valence electrons. The van der Waals surface area contributed by atoms with Crippen LogP contribution in [0.2, 0.25) is 18.1 Å². The summed E-state index contributed by atoms with van der Waals surface area (Å²) in [6, 6.07) is 0. The van der Waals surface area contributed by atoms with Gasteiger partial charge in [-0.05, 0) is 44.8 Å². The van der Waals surface area contributed by atoms with Crippen molar-refractivity contribution in [1.29, 1.82) is 0 Å². The van der Waals surface area contributed by atoms with Crippen molar-refractivity contribution in [3.05, 3.63) is 0 Å². The molecule has 0 aromatic rings. The van der Waals surface area contributed by atoms with E-state index in [1.165, 1.54) is 6.92 Å². The quantitative estimate of drug-likeness (QED) is 0.230. The normalized spacial score (nSPS) is 13.6. The van der Waals surface area contributed by atoms with E-state index in [0.29, 0.717) is 0 Å². The molecule has 0 aliphatic heterocycles. The van der Waals surface area contributed by atoms with E-state index >= 15 is 0 Å². The molecule has 1 N–H and O–H groups in total. The molecule has 0 aliphatic rings. The molecule has 28 heavy (non-hydrogen) atoms. The number of nitrogens with one attached hydrogen (secondary N) is 1. The highest BCUT2D eigenvalue weighted by Gasteiger charge is 2.50. The second kappa shape index (κ2) is 11.2. The van der Waals surface area contributed by atoms with Gasteiger partial charge in [-0.2, -0.15) is 0 Å². The maximum Gasteiger partial charge on any atom is 0.343 e. The Labute approximate surface area is 174 Å². The van der Waals surface area contributed by atoms with Gasteiger partial charge in [0.2, 0.25) is 11.4 Å². The minimum absolute atomic E-state index is 0.0195. The van der Waals surface area contributed by atoms with Crippen LogP contribution in [0.1, 0.15) is 54.4 Å². The molecule has 0 fully saturated rings. The molecule has 1 atom stereocenters. The third kappa shape index (κ3) is 7.37. The van der Waals surface area contributed by atoms with E-state index in [2.05, 4.69) is 39.2 Å². The van der Waals surface area contributed by atoms with Crippen molar-refractivity contribution in [3.8, 4) is 0 Å². The molecule has 0 saturated carbocycles.